The lowest BCUT2D eigenvalue weighted by molar-refractivity contribution is -0.135. The number of nitrogens with zero attached hydrogens (tertiary/aromatic N) is 1. The van der Waals surface area contributed by atoms with Gasteiger partial charge in [0.05, 0.1) is 0 Å². The van der Waals surface area contributed by atoms with E-state index in [4.69, 9.17) is 5.73 Å². The Hall–Kier alpha value is -4.76. The first-order chi connectivity index (χ1) is 22.1. The van der Waals surface area contributed by atoms with Gasteiger partial charge in [-0.25, -0.2) is 4.98 Å². The van der Waals surface area contributed by atoms with Gasteiger partial charge in [-0.2, -0.15) is 0 Å². The second kappa shape index (κ2) is 18.4. The van der Waals surface area contributed by atoms with Gasteiger partial charge in [0.15, 0.2) is 0 Å². The zero-order valence-electron chi connectivity index (χ0n) is 27.9. The summed E-state index contributed by atoms with van der Waals surface area (Å²) in [6, 6.07) is -2.82. The van der Waals surface area contributed by atoms with Gasteiger partial charge < -0.3 is 43.0 Å². The molecule has 16 heteroatoms. The van der Waals surface area contributed by atoms with Crippen molar-refractivity contribution in [1.29, 1.82) is 0 Å². The third kappa shape index (κ3) is 13.2. The summed E-state index contributed by atoms with van der Waals surface area (Å²) < 4.78 is 0. The lowest BCUT2D eigenvalue weighted by Crippen LogP contribution is -2.58. The molecule has 0 aromatic carbocycles. The number of nitrogens with two attached hydrogens (primary N) is 1. The van der Waals surface area contributed by atoms with Crippen LogP contribution < -0.4 is 43.0 Å². The molecule has 0 radical (unpaired) electrons. The van der Waals surface area contributed by atoms with Crippen molar-refractivity contribution in [3.8, 4) is 0 Å². The molecule has 7 amide bonds. The van der Waals surface area contributed by atoms with Crippen LogP contribution in [0.5, 0.6) is 0 Å². The number of fused-ring (bicyclic) bond motifs is 2. The summed E-state index contributed by atoms with van der Waals surface area (Å²) in [5.74, 6) is -3.82. The van der Waals surface area contributed by atoms with Crippen molar-refractivity contribution < 1.29 is 33.6 Å². The molecule has 0 saturated heterocycles. The van der Waals surface area contributed by atoms with Crippen LogP contribution in [0.3, 0.4) is 0 Å². The fraction of sp³-hybridized carbons (Fsp3) is 0.613. The average Bonchev–Trinajstić information content (AvgIpc) is 2.98. The van der Waals surface area contributed by atoms with Gasteiger partial charge >= 0.3 is 0 Å². The summed E-state index contributed by atoms with van der Waals surface area (Å²) in [7, 11) is 0. The fourth-order valence-electron chi connectivity index (χ4n) is 4.82. The Morgan fingerprint density at radius 2 is 1.45 bits per heavy atom. The smallest absolute Gasteiger partial charge is 0.243 e. The van der Waals surface area contributed by atoms with E-state index in [0.29, 0.717) is 37.2 Å². The molecular formula is C31H49N9O7. The first kappa shape index (κ1) is 38.4. The summed E-state index contributed by atoms with van der Waals surface area (Å²) in [6.07, 6.45) is 3.30. The van der Waals surface area contributed by atoms with Gasteiger partial charge in [-0.05, 0) is 70.1 Å². The molecule has 1 aromatic rings. The molecule has 2 bridgehead atoms. The maximum absolute atomic E-state index is 13.2. The van der Waals surface area contributed by atoms with Crippen molar-refractivity contribution >= 4 is 47.2 Å². The number of hydrogen-bond donors (Lipinski definition) is 8. The third-order valence-electron chi connectivity index (χ3n) is 7.44. The number of carbonyl (C=O) groups is 7. The van der Waals surface area contributed by atoms with Gasteiger partial charge in [0.2, 0.25) is 41.4 Å². The summed E-state index contributed by atoms with van der Waals surface area (Å²) in [5.41, 5.74) is 6.26. The van der Waals surface area contributed by atoms with Crippen LogP contribution in [0.25, 0.3) is 0 Å². The molecule has 0 aliphatic carbocycles. The summed E-state index contributed by atoms with van der Waals surface area (Å²) in [6.45, 7) is 9.79. The van der Waals surface area contributed by atoms with E-state index in [1.807, 2.05) is 13.8 Å². The maximum atomic E-state index is 13.2. The number of amides is 7. The highest BCUT2D eigenvalue weighted by atomic mass is 16.2. The molecular weight excluding hydrogens is 610 g/mol. The van der Waals surface area contributed by atoms with Crippen LogP contribution in [0.2, 0.25) is 0 Å². The van der Waals surface area contributed by atoms with E-state index >= 15 is 0 Å². The average molecular weight is 660 g/mol. The monoisotopic (exact) mass is 659 g/mol. The number of primary amides is 1. The normalized spacial score (nSPS) is 26.1. The van der Waals surface area contributed by atoms with Crippen molar-refractivity contribution in [1.82, 2.24) is 36.9 Å². The molecule has 9 N–H and O–H groups in total. The molecule has 1 aliphatic rings. The van der Waals surface area contributed by atoms with Crippen LogP contribution in [0.15, 0.2) is 18.3 Å². The van der Waals surface area contributed by atoms with Crippen molar-refractivity contribution in [2.45, 2.75) is 110 Å². The van der Waals surface area contributed by atoms with E-state index in [2.05, 4.69) is 42.2 Å². The van der Waals surface area contributed by atoms with Crippen LogP contribution in [-0.4, -0.2) is 89.1 Å². The highest BCUT2D eigenvalue weighted by Crippen LogP contribution is 2.11. The highest BCUT2D eigenvalue weighted by molar-refractivity contribution is 5.96. The fourth-order valence-corrected chi connectivity index (χ4v) is 4.82. The Bertz CT molecular complexity index is 1310. The van der Waals surface area contributed by atoms with Crippen molar-refractivity contribution in [3.63, 3.8) is 0 Å². The molecule has 2 rings (SSSR count). The number of hydrogen-bond acceptors (Lipinski definition) is 9. The minimum absolute atomic E-state index is 0.0260. The number of aromatic nitrogens is 1. The van der Waals surface area contributed by atoms with Crippen LogP contribution >= 0.6 is 0 Å². The van der Waals surface area contributed by atoms with E-state index < -0.39 is 77.6 Å². The number of carbonyl (C=O) groups excluding carboxylic acids is 7. The Balaban J connectivity index is 2.33. The van der Waals surface area contributed by atoms with Gasteiger partial charge in [0.25, 0.3) is 0 Å². The number of pyridine rings is 1. The lowest BCUT2D eigenvalue weighted by atomic mass is 10.0. The molecule has 0 fully saturated rings. The van der Waals surface area contributed by atoms with E-state index in [1.54, 1.807) is 18.3 Å². The predicted molar refractivity (Wildman–Crippen MR) is 173 cm³/mol. The standard InChI is InChI=1S/C31H49N9O7/c1-16(2)13-24-31(47)37-19(5)28(44)39-23(26(32)42)14-21-10-12-34-25(15-21)33-11-8-7-9-22(38-20(6)41)30(46)36-17(3)27(43)35-18(4)29(45)40-24/h10,12,15-19,22-24H,7-9,11,13-14H2,1-6H3,(H2,32,42)(H,33,34)(H,35,43)(H,36,46)(H,37,47)(H,38,41)(H,39,44)(H,40,45)/t17-,18-,19-,22-,23-,24-/m0/s1. The minimum atomic E-state index is -1.08. The van der Waals surface area contributed by atoms with Crippen LogP contribution in [0.1, 0.15) is 72.8 Å². The molecule has 0 unspecified atom stereocenters. The molecule has 6 atom stereocenters. The predicted octanol–water partition coefficient (Wildman–Crippen LogP) is -1.26. The Morgan fingerprint density at radius 3 is 2.04 bits per heavy atom. The van der Waals surface area contributed by atoms with E-state index in [1.165, 1.54) is 27.7 Å². The highest BCUT2D eigenvalue weighted by Gasteiger charge is 2.30. The molecule has 16 nitrogen and oxygen atoms in total. The maximum Gasteiger partial charge on any atom is 0.243 e. The minimum Gasteiger partial charge on any atom is -0.370 e. The second-order valence-electron chi connectivity index (χ2n) is 12.3. The second-order valence-corrected chi connectivity index (χ2v) is 12.3. The van der Waals surface area contributed by atoms with Gasteiger partial charge in [-0.1, -0.05) is 13.8 Å². The Labute approximate surface area is 274 Å². The Morgan fingerprint density at radius 1 is 0.872 bits per heavy atom. The SMILES string of the molecule is CC(=O)N[C@H]1CCCCNc2cc(ccn2)C[C@@H](C(N)=O)NC(=O)[C@H](C)NC(=O)[C@H](CC(C)C)NC(=O)[C@H](C)NC(=O)[C@H](C)NC1=O. The van der Waals surface area contributed by atoms with Crippen molar-refractivity contribution in [2.24, 2.45) is 11.7 Å². The number of nitrogens with one attached hydrogen (secondary N) is 7. The van der Waals surface area contributed by atoms with Crippen LogP contribution in [0.4, 0.5) is 5.82 Å². The number of rotatable bonds is 4. The quantitative estimate of drug-likeness (QED) is 0.192. The molecule has 1 aromatic heterocycles. The molecule has 1 aliphatic heterocycles. The van der Waals surface area contributed by atoms with Crippen molar-refractivity contribution in [2.75, 3.05) is 11.9 Å². The van der Waals surface area contributed by atoms with E-state index in [0.717, 1.165) is 0 Å². The Kier molecular flexibility index (Phi) is 15.0. The van der Waals surface area contributed by atoms with Gasteiger partial charge in [0, 0.05) is 26.1 Å². The van der Waals surface area contributed by atoms with Crippen LogP contribution in [-0.2, 0) is 40.0 Å². The molecule has 0 spiro atoms. The molecule has 47 heavy (non-hydrogen) atoms. The van der Waals surface area contributed by atoms with Gasteiger partial charge in [-0.3, -0.25) is 33.6 Å². The first-order valence-electron chi connectivity index (χ1n) is 15.8. The lowest BCUT2D eigenvalue weighted by Gasteiger charge is -2.25. The summed E-state index contributed by atoms with van der Waals surface area (Å²) in [4.78, 5) is 93.4. The van der Waals surface area contributed by atoms with E-state index in [9.17, 15) is 33.6 Å². The molecule has 260 valence electrons. The first-order valence-corrected chi connectivity index (χ1v) is 15.8. The topological polar surface area (TPSA) is 243 Å². The summed E-state index contributed by atoms with van der Waals surface area (Å²) in [5, 5.41) is 18.7. The van der Waals surface area contributed by atoms with Gasteiger partial charge in [-0.15, -0.1) is 0 Å². The zero-order valence-corrected chi connectivity index (χ0v) is 27.9. The van der Waals surface area contributed by atoms with Gasteiger partial charge in [0.1, 0.15) is 42.1 Å². The molecule has 2 heterocycles. The molecule has 0 saturated carbocycles. The number of anilines is 1. The largest absolute Gasteiger partial charge is 0.370 e. The van der Waals surface area contributed by atoms with Crippen LogP contribution in [0, 0.1) is 5.92 Å². The van der Waals surface area contributed by atoms with E-state index in [-0.39, 0.29) is 18.8 Å². The third-order valence-corrected chi connectivity index (χ3v) is 7.44. The zero-order chi connectivity index (χ0) is 35.3. The van der Waals surface area contributed by atoms with Crippen molar-refractivity contribution in [3.05, 3.63) is 23.9 Å². The summed E-state index contributed by atoms with van der Waals surface area (Å²) >= 11 is 0.